The van der Waals surface area contributed by atoms with E-state index < -0.39 is 89.6 Å². The first-order valence-electron chi connectivity index (χ1n) is 24.2. The van der Waals surface area contributed by atoms with Crippen molar-refractivity contribution < 1.29 is 82.0 Å². The first kappa shape index (κ1) is 63.2. The normalized spacial score (nSPS) is 22.4. The summed E-state index contributed by atoms with van der Waals surface area (Å²) in [7, 11) is -10.7. The molecule has 0 aliphatic heterocycles. The fourth-order valence-electron chi connectivity index (χ4n) is 6.70. The third-order valence-corrected chi connectivity index (χ3v) is 12.0. The van der Waals surface area contributed by atoms with Crippen LogP contribution in [0.4, 0.5) is 0 Å². The zero-order valence-electron chi connectivity index (χ0n) is 40.1. The summed E-state index contributed by atoms with van der Waals surface area (Å²) in [6, 6.07) is 0. The van der Waals surface area contributed by atoms with E-state index in [0.717, 1.165) is 51.4 Å². The maximum atomic E-state index is 13.0. The maximum absolute atomic E-state index is 13.0. The molecule has 390 valence electrons. The molecule has 0 aromatic heterocycles. The number of aliphatic hydroxyl groups is 5. The molecule has 0 spiro atoms. The second-order valence-electron chi connectivity index (χ2n) is 16.6. The molecule has 1 saturated carbocycles. The van der Waals surface area contributed by atoms with Crippen LogP contribution in [0.3, 0.4) is 0 Å². The van der Waals surface area contributed by atoms with Gasteiger partial charge in [-0.3, -0.25) is 23.2 Å². The summed E-state index contributed by atoms with van der Waals surface area (Å²) in [5, 5.41) is 51.1. The Morgan fingerprint density at radius 2 is 0.985 bits per heavy atom. The van der Waals surface area contributed by atoms with Crippen LogP contribution in [0.5, 0.6) is 0 Å². The highest BCUT2D eigenvalue weighted by molar-refractivity contribution is 7.47. The maximum Gasteiger partial charge on any atom is 0.472 e. The van der Waals surface area contributed by atoms with Crippen LogP contribution in [0.1, 0.15) is 149 Å². The highest BCUT2D eigenvalue weighted by Gasteiger charge is 2.54. The van der Waals surface area contributed by atoms with E-state index in [9.17, 15) is 58.9 Å². The Morgan fingerprint density at radius 1 is 0.529 bits per heavy atom. The number of phosphoric acid groups is 2. The van der Waals surface area contributed by atoms with Gasteiger partial charge in [-0.05, 0) is 77.0 Å². The van der Waals surface area contributed by atoms with Crippen molar-refractivity contribution in [3.8, 4) is 0 Å². The lowest BCUT2D eigenvalue weighted by atomic mass is 9.85. The molecular weight excluding hydrogens is 922 g/mol. The predicted octanol–water partition coefficient (Wildman–Crippen LogP) is 8.36. The van der Waals surface area contributed by atoms with Gasteiger partial charge in [-0.1, -0.05) is 144 Å². The first-order valence-corrected chi connectivity index (χ1v) is 27.3. The van der Waals surface area contributed by atoms with Crippen LogP contribution >= 0.6 is 15.6 Å². The monoisotopic (exact) mass is 1000 g/mol. The summed E-state index contributed by atoms with van der Waals surface area (Å²) in [6.45, 7) is 2.85. The number of carbonyl (C=O) groups is 2. The van der Waals surface area contributed by atoms with Gasteiger partial charge >= 0.3 is 27.6 Å². The highest BCUT2D eigenvalue weighted by Crippen LogP contribution is 2.49. The molecular formula is C49H82O17P2. The number of esters is 2. The summed E-state index contributed by atoms with van der Waals surface area (Å²) in [6.07, 6.45) is 30.3. The van der Waals surface area contributed by atoms with Gasteiger partial charge in [0, 0.05) is 12.8 Å². The summed E-state index contributed by atoms with van der Waals surface area (Å²) >= 11 is 0. The summed E-state index contributed by atoms with van der Waals surface area (Å²) < 4.78 is 49.2. The van der Waals surface area contributed by atoms with Crippen LogP contribution in [-0.2, 0) is 41.8 Å². The van der Waals surface area contributed by atoms with E-state index in [1.807, 2.05) is 54.7 Å². The zero-order chi connectivity index (χ0) is 50.5. The third kappa shape index (κ3) is 32.9. The van der Waals surface area contributed by atoms with Crippen molar-refractivity contribution in [3.05, 3.63) is 85.1 Å². The minimum absolute atomic E-state index is 0.0130. The third-order valence-electron chi connectivity index (χ3n) is 10.5. The van der Waals surface area contributed by atoms with E-state index >= 15 is 0 Å². The molecule has 0 aromatic carbocycles. The van der Waals surface area contributed by atoms with E-state index in [2.05, 4.69) is 48.8 Å². The molecule has 1 fully saturated rings. The van der Waals surface area contributed by atoms with Crippen LogP contribution in [0, 0.1) is 0 Å². The second-order valence-corrected chi connectivity index (χ2v) is 19.2. The highest BCUT2D eigenvalue weighted by atomic mass is 31.2. The standard InChI is InChI=1S/C49H82O17P2/c1-3-5-7-8-9-10-11-12-13-14-15-16-21-24-27-30-33-37-43(52)64-41(39-63-68(60,61)66-49-46(55)44(53)45(54)48(47(49)56)65-67(57,58)59)38-62-42(51)36-32-29-26-23-20-18-17-19-22-25-28-31-35-40(50)34-6-4-2/h12-13,15-18,22-27,31,35,40-41,44-50,53-56H,3-11,14,19-21,28-30,32-34,36-39H2,1-2H3,(H,60,61)(H2,57,58,59)/b13-12-,16-15-,18-17-,25-22-,26-23-,27-24-,35-31-/t40-,41+,44?,45?,46?,47?,48+,49-/m0/s1. The fourth-order valence-corrected chi connectivity index (χ4v) is 8.24. The van der Waals surface area contributed by atoms with Crippen molar-refractivity contribution in [1.29, 1.82) is 0 Å². The second kappa shape index (κ2) is 38.8. The number of unbranched alkanes of at least 4 members (excludes halogenated alkanes) is 9. The summed E-state index contributed by atoms with van der Waals surface area (Å²) in [5.41, 5.74) is 0. The van der Waals surface area contributed by atoms with Gasteiger partial charge in [0.05, 0.1) is 12.7 Å². The first-order chi connectivity index (χ1) is 32.5. The number of aliphatic hydroxyl groups excluding tert-OH is 5. The molecule has 19 heteroatoms. The molecule has 1 aliphatic carbocycles. The molecule has 9 atom stereocenters. The molecule has 0 amide bonds. The van der Waals surface area contributed by atoms with Gasteiger partial charge < -0.3 is 49.7 Å². The van der Waals surface area contributed by atoms with E-state index in [-0.39, 0.29) is 12.8 Å². The van der Waals surface area contributed by atoms with Crippen molar-refractivity contribution in [2.75, 3.05) is 13.2 Å². The molecule has 1 rings (SSSR count). The molecule has 0 heterocycles. The average molecular weight is 1010 g/mol. The Balaban J connectivity index is 2.68. The van der Waals surface area contributed by atoms with Gasteiger partial charge in [0.25, 0.3) is 0 Å². The number of allylic oxidation sites excluding steroid dienone is 13. The molecule has 1 aliphatic rings. The molecule has 17 nitrogen and oxygen atoms in total. The Bertz CT molecular complexity index is 1650. The number of ether oxygens (including phenoxy) is 2. The Labute approximate surface area is 404 Å². The molecule has 0 saturated heterocycles. The lowest BCUT2D eigenvalue weighted by molar-refractivity contribution is -0.216. The molecule has 0 aromatic rings. The van der Waals surface area contributed by atoms with E-state index in [4.69, 9.17) is 18.5 Å². The number of phosphoric ester groups is 2. The van der Waals surface area contributed by atoms with Gasteiger partial charge in [0.15, 0.2) is 6.10 Å². The largest absolute Gasteiger partial charge is 0.472 e. The number of hydrogen-bond donors (Lipinski definition) is 8. The lowest BCUT2D eigenvalue weighted by Crippen LogP contribution is -2.64. The molecule has 0 bridgehead atoms. The van der Waals surface area contributed by atoms with Crippen molar-refractivity contribution in [3.63, 3.8) is 0 Å². The van der Waals surface area contributed by atoms with Gasteiger partial charge in [0.1, 0.15) is 43.2 Å². The summed E-state index contributed by atoms with van der Waals surface area (Å²) in [5.74, 6) is -1.36. The van der Waals surface area contributed by atoms with Crippen molar-refractivity contribution in [2.45, 2.75) is 198 Å². The van der Waals surface area contributed by atoms with Gasteiger partial charge in [0.2, 0.25) is 0 Å². The smallest absolute Gasteiger partial charge is 0.462 e. The molecule has 68 heavy (non-hydrogen) atoms. The quantitative estimate of drug-likeness (QED) is 0.0124. The fraction of sp³-hybridized carbons (Fsp3) is 0.673. The van der Waals surface area contributed by atoms with Gasteiger partial charge in [-0.15, -0.1) is 0 Å². The topological polar surface area (TPSA) is 276 Å². The van der Waals surface area contributed by atoms with E-state index in [1.165, 1.54) is 38.5 Å². The van der Waals surface area contributed by atoms with Crippen LogP contribution in [0.15, 0.2) is 85.1 Å². The molecule has 8 N–H and O–H groups in total. The summed E-state index contributed by atoms with van der Waals surface area (Å²) in [4.78, 5) is 54.3. The Morgan fingerprint density at radius 3 is 1.51 bits per heavy atom. The minimum Gasteiger partial charge on any atom is -0.462 e. The predicted molar refractivity (Wildman–Crippen MR) is 261 cm³/mol. The SMILES string of the molecule is CCCCCCCC/C=C\C/C=C\C/C=C\CCCC(=O)O[C@H](COC(=O)CCC/C=C\C/C=C\C/C=C\C/C=C\[C@@H](O)CCCC)COP(=O)(O)O[C@H]1C(O)C(O)C(O)[C@@H](OP(=O)(O)O)C1O. The number of rotatable bonds is 39. The Kier molecular flexibility index (Phi) is 36.1. The van der Waals surface area contributed by atoms with E-state index in [1.54, 1.807) is 0 Å². The van der Waals surface area contributed by atoms with E-state index in [0.29, 0.717) is 32.1 Å². The molecule has 0 radical (unpaired) electrons. The van der Waals surface area contributed by atoms with Crippen LogP contribution < -0.4 is 0 Å². The zero-order valence-corrected chi connectivity index (χ0v) is 41.9. The van der Waals surface area contributed by atoms with Crippen LogP contribution in [-0.4, -0.2) is 114 Å². The van der Waals surface area contributed by atoms with Gasteiger partial charge in [-0.25, -0.2) is 9.13 Å². The van der Waals surface area contributed by atoms with Crippen LogP contribution in [0.25, 0.3) is 0 Å². The van der Waals surface area contributed by atoms with Gasteiger partial charge in [-0.2, -0.15) is 0 Å². The van der Waals surface area contributed by atoms with Crippen molar-refractivity contribution in [2.24, 2.45) is 0 Å². The lowest BCUT2D eigenvalue weighted by Gasteiger charge is -2.43. The number of hydrogen-bond acceptors (Lipinski definition) is 14. The average Bonchev–Trinajstić information content (AvgIpc) is 3.29. The van der Waals surface area contributed by atoms with Crippen molar-refractivity contribution in [1.82, 2.24) is 0 Å². The Hall–Kier alpha value is -2.86. The molecule has 5 unspecified atom stereocenters. The minimum atomic E-state index is -5.38. The van der Waals surface area contributed by atoms with Crippen LogP contribution in [0.2, 0.25) is 0 Å². The number of carbonyl (C=O) groups excluding carboxylic acids is 2. The van der Waals surface area contributed by atoms with Crippen molar-refractivity contribution >= 4 is 27.6 Å².